The molecule has 0 saturated carbocycles. The van der Waals surface area contributed by atoms with E-state index < -0.39 is 0 Å². The van der Waals surface area contributed by atoms with Gasteiger partial charge >= 0.3 is 0 Å². The zero-order chi connectivity index (χ0) is 16.1. The molecule has 0 fully saturated rings. The fourth-order valence-electron chi connectivity index (χ4n) is 1.98. The van der Waals surface area contributed by atoms with Crippen LogP contribution in [-0.4, -0.2) is 27.5 Å². The summed E-state index contributed by atoms with van der Waals surface area (Å²) < 4.78 is 1.14. The van der Waals surface area contributed by atoms with Gasteiger partial charge in [0, 0.05) is 4.90 Å². The van der Waals surface area contributed by atoms with E-state index in [1.807, 2.05) is 36.6 Å². The number of thioether (sulfide) groups is 1. The van der Waals surface area contributed by atoms with Crippen molar-refractivity contribution in [1.29, 1.82) is 0 Å². The predicted octanol–water partition coefficient (Wildman–Crippen LogP) is 2.52. The summed E-state index contributed by atoms with van der Waals surface area (Å²) in [6, 6.07) is 14.9. The van der Waals surface area contributed by atoms with Crippen molar-refractivity contribution in [3.05, 3.63) is 64.4 Å². The molecule has 6 nitrogen and oxygen atoms in total. The molecule has 1 aromatic heterocycles. The minimum atomic E-state index is -0.255. The predicted molar refractivity (Wildman–Crippen MR) is 90.7 cm³/mol. The lowest BCUT2D eigenvalue weighted by atomic mass is 10.2. The van der Waals surface area contributed by atoms with Crippen LogP contribution in [0.4, 0.5) is 0 Å². The third kappa shape index (κ3) is 3.57. The van der Waals surface area contributed by atoms with Gasteiger partial charge in [0.1, 0.15) is 5.52 Å². The highest BCUT2D eigenvalue weighted by molar-refractivity contribution is 7.98. The van der Waals surface area contributed by atoms with Crippen LogP contribution in [0.15, 0.2) is 63.4 Å². The molecular weight excluding hydrogens is 312 g/mol. The second-order valence-electron chi connectivity index (χ2n) is 4.68. The fraction of sp³-hybridized carbons (Fsp3) is 0.125. The van der Waals surface area contributed by atoms with E-state index in [4.69, 9.17) is 4.84 Å². The van der Waals surface area contributed by atoms with Gasteiger partial charge in [0.2, 0.25) is 6.73 Å². The molecule has 0 aliphatic heterocycles. The maximum atomic E-state index is 12.2. The number of benzene rings is 2. The van der Waals surface area contributed by atoms with Crippen molar-refractivity contribution >= 4 is 28.9 Å². The molecule has 0 amide bonds. The molecule has 0 aliphatic rings. The van der Waals surface area contributed by atoms with Gasteiger partial charge in [-0.3, -0.25) is 4.79 Å². The van der Waals surface area contributed by atoms with Crippen LogP contribution in [0.25, 0.3) is 10.9 Å². The van der Waals surface area contributed by atoms with E-state index in [2.05, 4.69) is 15.5 Å². The molecule has 2 aromatic carbocycles. The first kappa shape index (κ1) is 15.2. The van der Waals surface area contributed by atoms with Crippen LogP contribution in [-0.2, 0) is 11.6 Å². The van der Waals surface area contributed by atoms with Crippen LogP contribution in [0.2, 0.25) is 0 Å². The van der Waals surface area contributed by atoms with E-state index in [1.54, 1.807) is 36.2 Å². The summed E-state index contributed by atoms with van der Waals surface area (Å²) in [5, 5.41) is 12.2. The van der Waals surface area contributed by atoms with E-state index >= 15 is 0 Å². The second-order valence-corrected chi connectivity index (χ2v) is 5.56. The summed E-state index contributed by atoms with van der Waals surface area (Å²) in [5.41, 5.74) is 1.22. The number of hydrogen-bond acceptors (Lipinski definition) is 6. The summed E-state index contributed by atoms with van der Waals surface area (Å²) in [5.74, 6) is 0. The van der Waals surface area contributed by atoms with Gasteiger partial charge in [-0.25, -0.2) is 0 Å². The molecule has 1 heterocycles. The molecule has 0 bridgehead atoms. The molecule has 23 heavy (non-hydrogen) atoms. The quantitative estimate of drug-likeness (QED) is 0.409. The molecule has 116 valence electrons. The summed E-state index contributed by atoms with van der Waals surface area (Å²) in [6.07, 6.45) is 3.61. The lowest BCUT2D eigenvalue weighted by Crippen LogP contribution is -2.24. The lowest BCUT2D eigenvalue weighted by molar-refractivity contribution is 0.0713. The average molecular weight is 326 g/mol. The Balaban J connectivity index is 1.67. The van der Waals surface area contributed by atoms with Crippen molar-refractivity contribution in [3.63, 3.8) is 0 Å². The van der Waals surface area contributed by atoms with Crippen LogP contribution in [0, 0.1) is 0 Å². The van der Waals surface area contributed by atoms with Crippen molar-refractivity contribution in [2.75, 3.05) is 6.26 Å². The first-order valence-electron chi connectivity index (χ1n) is 6.90. The molecule has 0 unspecified atom stereocenters. The minimum Gasteiger partial charge on any atom is -0.372 e. The van der Waals surface area contributed by atoms with Gasteiger partial charge in [0.15, 0.2) is 0 Å². The Morgan fingerprint density at radius 3 is 2.78 bits per heavy atom. The van der Waals surface area contributed by atoms with Crippen molar-refractivity contribution in [3.8, 4) is 0 Å². The Kier molecular flexibility index (Phi) is 4.68. The molecule has 7 heteroatoms. The van der Waals surface area contributed by atoms with E-state index in [9.17, 15) is 4.79 Å². The van der Waals surface area contributed by atoms with Crippen molar-refractivity contribution in [2.24, 2.45) is 5.16 Å². The maximum Gasteiger partial charge on any atom is 0.280 e. The van der Waals surface area contributed by atoms with Gasteiger partial charge in [-0.1, -0.05) is 34.6 Å². The van der Waals surface area contributed by atoms with E-state index in [0.717, 1.165) is 10.2 Å². The van der Waals surface area contributed by atoms with E-state index in [-0.39, 0.29) is 12.3 Å². The monoisotopic (exact) mass is 326 g/mol. The van der Waals surface area contributed by atoms with Crippen LogP contribution in [0.3, 0.4) is 0 Å². The first-order chi connectivity index (χ1) is 11.3. The van der Waals surface area contributed by atoms with E-state index in [0.29, 0.717) is 10.9 Å². The molecule has 3 aromatic rings. The Morgan fingerprint density at radius 1 is 1.22 bits per heavy atom. The Morgan fingerprint density at radius 2 is 2.00 bits per heavy atom. The number of rotatable bonds is 5. The third-order valence-corrected chi connectivity index (χ3v) is 3.95. The minimum absolute atomic E-state index is 0.0872. The largest absolute Gasteiger partial charge is 0.372 e. The average Bonchev–Trinajstić information content (AvgIpc) is 2.61. The van der Waals surface area contributed by atoms with Gasteiger partial charge in [-0.05, 0) is 36.1 Å². The smallest absolute Gasteiger partial charge is 0.280 e. The van der Waals surface area contributed by atoms with Gasteiger partial charge in [0.25, 0.3) is 5.56 Å². The highest BCUT2D eigenvalue weighted by Gasteiger charge is 2.04. The summed E-state index contributed by atoms with van der Waals surface area (Å²) >= 11 is 1.68. The Bertz CT molecular complexity index is 890. The molecule has 0 aliphatic carbocycles. The normalized spacial score (nSPS) is 11.2. The SMILES string of the molecule is CSc1ccc(C=NOCn2nnc3ccccc3c2=O)cc1. The number of aromatic nitrogens is 3. The van der Waals surface area contributed by atoms with Gasteiger partial charge < -0.3 is 4.84 Å². The zero-order valence-electron chi connectivity index (χ0n) is 12.4. The van der Waals surface area contributed by atoms with Crippen LogP contribution in [0.1, 0.15) is 5.56 Å². The van der Waals surface area contributed by atoms with E-state index in [1.165, 1.54) is 4.90 Å². The molecule has 0 saturated heterocycles. The van der Waals surface area contributed by atoms with Crippen molar-refractivity contribution < 1.29 is 4.84 Å². The number of nitrogens with zero attached hydrogens (tertiary/aromatic N) is 4. The Labute approximate surface area is 136 Å². The zero-order valence-corrected chi connectivity index (χ0v) is 13.2. The van der Waals surface area contributed by atoms with Crippen molar-refractivity contribution in [1.82, 2.24) is 15.0 Å². The number of oxime groups is 1. The van der Waals surface area contributed by atoms with Crippen LogP contribution in [0.5, 0.6) is 0 Å². The lowest BCUT2D eigenvalue weighted by Gasteiger charge is -2.03. The fourth-order valence-corrected chi connectivity index (χ4v) is 2.39. The maximum absolute atomic E-state index is 12.2. The number of fused-ring (bicyclic) bond motifs is 1. The molecule has 0 atom stereocenters. The molecule has 0 spiro atoms. The Hall–Kier alpha value is -2.67. The van der Waals surface area contributed by atoms with Gasteiger partial charge in [0.05, 0.1) is 11.6 Å². The molecule has 0 radical (unpaired) electrons. The molecule has 0 N–H and O–H groups in total. The first-order valence-corrected chi connectivity index (χ1v) is 8.12. The molecular formula is C16H14N4O2S. The van der Waals surface area contributed by atoms with Crippen molar-refractivity contribution in [2.45, 2.75) is 11.6 Å². The highest BCUT2D eigenvalue weighted by Crippen LogP contribution is 2.13. The molecule has 3 rings (SSSR count). The highest BCUT2D eigenvalue weighted by atomic mass is 32.2. The summed E-state index contributed by atoms with van der Waals surface area (Å²) in [4.78, 5) is 18.5. The topological polar surface area (TPSA) is 69.4 Å². The summed E-state index contributed by atoms with van der Waals surface area (Å²) in [7, 11) is 0. The summed E-state index contributed by atoms with van der Waals surface area (Å²) in [6.45, 7) is -0.0872. The van der Waals surface area contributed by atoms with Gasteiger partial charge in [-0.15, -0.1) is 16.9 Å². The second kappa shape index (κ2) is 7.06. The third-order valence-electron chi connectivity index (χ3n) is 3.20. The standard InChI is InChI=1S/C16H14N4O2S/c1-23-13-8-6-12(7-9-13)10-17-22-11-20-16(21)14-4-2-3-5-15(14)18-19-20/h2-10H,11H2,1H3. The van der Waals surface area contributed by atoms with Crippen LogP contribution >= 0.6 is 11.8 Å². The van der Waals surface area contributed by atoms with Crippen LogP contribution < -0.4 is 5.56 Å². The van der Waals surface area contributed by atoms with Gasteiger partial charge in [-0.2, -0.15) is 4.68 Å². The number of hydrogen-bond donors (Lipinski definition) is 0.